The van der Waals surface area contributed by atoms with Gasteiger partial charge in [0.15, 0.2) is 0 Å². The molecule has 1 saturated heterocycles. The Kier molecular flexibility index (Phi) is 4.01. The normalized spacial score (nSPS) is 19.3. The molecule has 1 aliphatic heterocycles. The van der Waals surface area contributed by atoms with Crippen LogP contribution >= 0.6 is 0 Å². The lowest BCUT2D eigenvalue weighted by molar-refractivity contribution is 0.736. The summed E-state index contributed by atoms with van der Waals surface area (Å²) in [5.74, 6) is 2.72. The lowest BCUT2D eigenvalue weighted by atomic mass is 10.2. The van der Waals surface area contributed by atoms with Crippen molar-refractivity contribution < 1.29 is 0 Å². The van der Waals surface area contributed by atoms with E-state index in [1.54, 1.807) is 0 Å². The van der Waals surface area contributed by atoms with Crippen LogP contribution in [0, 0.1) is 6.92 Å². The predicted octanol–water partition coefficient (Wildman–Crippen LogP) is 1.40. The van der Waals surface area contributed by atoms with Crippen molar-refractivity contribution in [2.24, 2.45) is 0 Å². The van der Waals surface area contributed by atoms with Gasteiger partial charge < -0.3 is 15.5 Å². The molecule has 100 valence electrons. The van der Waals surface area contributed by atoms with Crippen LogP contribution in [0.25, 0.3) is 0 Å². The minimum absolute atomic E-state index is 0.431. The van der Waals surface area contributed by atoms with Crippen molar-refractivity contribution in [1.82, 2.24) is 15.3 Å². The molecule has 0 bridgehead atoms. The van der Waals surface area contributed by atoms with E-state index in [0.717, 1.165) is 37.0 Å². The van der Waals surface area contributed by atoms with Gasteiger partial charge in [0, 0.05) is 31.7 Å². The minimum atomic E-state index is 0.431. The van der Waals surface area contributed by atoms with Crippen molar-refractivity contribution in [3.8, 4) is 0 Å². The van der Waals surface area contributed by atoms with E-state index in [4.69, 9.17) is 0 Å². The summed E-state index contributed by atoms with van der Waals surface area (Å²) in [7, 11) is 2.06. The smallest absolute Gasteiger partial charge is 0.134 e. The molecule has 5 nitrogen and oxygen atoms in total. The second kappa shape index (κ2) is 5.52. The zero-order chi connectivity index (χ0) is 13.1. The van der Waals surface area contributed by atoms with E-state index in [9.17, 15) is 0 Å². The maximum absolute atomic E-state index is 4.49. The summed E-state index contributed by atoms with van der Waals surface area (Å²) >= 11 is 0. The number of aryl methyl sites for hydroxylation is 1. The summed E-state index contributed by atoms with van der Waals surface area (Å²) < 4.78 is 0. The SMILES string of the molecule is Cc1nc(NC2CCNC2)cc(N(C)C(C)C)n1. The fourth-order valence-electron chi connectivity index (χ4n) is 2.06. The van der Waals surface area contributed by atoms with Gasteiger partial charge in [-0.3, -0.25) is 0 Å². The lowest BCUT2D eigenvalue weighted by Gasteiger charge is -2.23. The van der Waals surface area contributed by atoms with E-state index < -0.39 is 0 Å². The van der Waals surface area contributed by atoms with Crippen LogP contribution in [-0.4, -0.2) is 42.2 Å². The molecule has 1 atom stereocenters. The summed E-state index contributed by atoms with van der Waals surface area (Å²) in [6.07, 6.45) is 1.15. The molecule has 2 N–H and O–H groups in total. The average molecular weight is 249 g/mol. The van der Waals surface area contributed by atoms with Gasteiger partial charge in [-0.2, -0.15) is 0 Å². The molecular formula is C13H23N5. The number of nitrogens with zero attached hydrogens (tertiary/aromatic N) is 3. The predicted molar refractivity (Wildman–Crippen MR) is 75.2 cm³/mol. The molecule has 0 radical (unpaired) electrons. The maximum Gasteiger partial charge on any atom is 0.134 e. The summed E-state index contributed by atoms with van der Waals surface area (Å²) in [5.41, 5.74) is 0. The van der Waals surface area contributed by atoms with Gasteiger partial charge in [0.1, 0.15) is 17.5 Å². The van der Waals surface area contributed by atoms with Gasteiger partial charge >= 0.3 is 0 Å². The Balaban J connectivity index is 2.15. The monoisotopic (exact) mass is 249 g/mol. The second-order valence-corrected chi connectivity index (χ2v) is 5.20. The third kappa shape index (κ3) is 3.10. The van der Waals surface area contributed by atoms with Crippen LogP contribution in [0.5, 0.6) is 0 Å². The zero-order valence-corrected chi connectivity index (χ0v) is 11.7. The second-order valence-electron chi connectivity index (χ2n) is 5.20. The Bertz CT molecular complexity index is 398. The molecule has 1 aliphatic rings. The molecule has 2 rings (SSSR count). The molecular weight excluding hydrogens is 226 g/mol. The van der Waals surface area contributed by atoms with E-state index in [-0.39, 0.29) is 0 Å². The highest BCUT2D eigenvalue weighted by Crippen LogP contribution is 2.18. The zero-order valence-electron chi connectivity index (χ0n) is 11.7. The molecule has 1 fully saturated rings. The van der Waals surface area contributed by atoms with E-state index in [1.807, 2.05) is 13.0 Å². The standard InChI is InChI=1S/C13H23N5/c1-9(2)18(4)13-7-12(15-10(3)16-13)17-11-5-6-14-8-11/h7,9,11,14H,5-6,8H2,1-4H3,(H,15,16,17). The molecule has 0 amide bonds. The molecule has 1 aromatic rings. The minimum Gasteiger partial charge on any atom is -0.366 e. The first-order chi connectivity index (χ1) is 8.56. The molecule has 2 heterocycles. The fraction of sp³-hybridized carbons (Fsp3) is 0.692. The Labute approximate surface area is 109 Å². The van der Waals surface area contributed by atoms with Crippen LogP contribution in [0.15, 0.2) is 6.07 Å². The van der Waals surface area contributed by atoms with E-state index in [0.29, 0.717) is 12.1 Å². The van der Waals surface area contributed by atoms with Gasteiger partial charge in [0.05, 0.1) is 0 Å². The van der Waals surface area contributed by atoms with Gasteiger partial charge in [-0.1, -0.05) is 0 Å². The third-order valence-corrected chi connectivity index (χ3v) is 3.37. The largest absolute Gasteiger partial charge is 0.366 e. The summed E-state index contributed by atoms with van der Waals surface area (Å²) in [5, 5.41) is 6.82. The molecule has 5 heteroatoms. The molecule has 0 spiro atoms. The number of aromatic nitrogens is 2. The molecule has 0 aliphatic carbocycles. The van der Waals surface area contributed by atoms with Crippen LogP contribution in [0.2, 0.25) is 0 Å². The van der Waals surface area contributed by atoms with Gasteiger partial charge in [0.2, 0.25) is 0 Å². The molecule has 0 saturated carbocycles. The van der Waals surface area contributed by atoms with E-state index in [1.165, 1.54) is 0 Å². The number of anilines is 2. The van der Waals surface area contributed by atoms with Crippen molar-refractivity contribution in [1.29, 1.82) is 0 Å². The van der Waals surface area contributed by atoms with Gasteiger partial charge in [-0.05, 0) is 33.7 Å². The molecule has 1 unspecified atom stereocenters. The van der Waals surface area contributed by atoms with Crippen molar-refractivity contribution in [3.05, 3.63) is 11.9 Å². The number of rotatable bonds is 4. The summed E-state index contributed by atoms with van der Waals surface area (Å²) in [6, 6.07) is 2.95. The highest BCUT2D eigenvalue weighted by Gasteiger charge is 2.16. The van der Waals surface area contributed by atoms with Gasteiger partial charge in [0.25, 0.3) is 0 Å². The van der Waals surface area contributed by atoms with Crippen LogP contribution in [0.4, 0.5) is 11.6 Å². The van der Waals surface area contributed by atoms with Crippen LogP contribution in [0.1, 0.15) is 26.1 Å². The first-order valence-electron chi connectivity index (χ1n) is 6.62. The summed E-state index contributed by atoms with van der Waals surface area (Å²) in [4.78, 5) is 11.1. The highest BCUT2D eigenvalue weighted by molar-refractivity contribution is 5.50. The van der Waals surface area contributed by atoms with Crippen LogP contribution in [0.3, 0.4) is 0 Å². The Morgan fingerprint density at radius 2 is 2.22 bits per heavy atom. The lowest BCUT2D eigenvalue weighted by Crippen LogP contribution is -2.28. The van der Waals surface area contributed by atoms with E-state index in [2.05, 4.69) is 46.4 Å². The van der Waals surface area contributed by atoms with Gasteiger partial charge in [-0.25, -0.2) is 9.97 Å². The first kappa shape index (κ1) is 13.1. The topological polar surface area (TPSA) is 53.1 Å². The molecule has 1 aromatic heterocycles. The number of hydrogen-bond acceptors (Lipinski definition) is 5. The third-order valence-electron chi connectivity index (χ3n) is 3.37. The van der Waals surface area contributed by atoms with Crippen molar-refractivity contribution >= 4 is 11.6 Å². The van der Waals surface area contributed by atoms with Crippen molar-refractivity contribution in [2.75, 3.05) is 30.4 Å². The fourth-order valence-corrected chi connectivity index (χ4v) is 2.06. The molecule has 0 aromatic carbocycles. The van der Waals surface area contributed by atoms with Crippen molar-refractivity contribution in [2.45, 2.75) is 39.3 Å². The van der Waals surface area contributed by atoms with Crippen LogP contribution < -0.4 is 15.5 Å². The Hall–Kier alpha value is -1.36. The number of hydrogen-bond donors (Lipinski definition) is 2. The van der Waals surface area contributed by atoms with Crippen molar-refractivity contribution in [3.63, 3.8) is 0 Å². The molecule has 18 heavy (non-hydrogen) atoms. The highest BCUT2D eigenvalue weighted by atomic mass is 15.2. The first-order valence-corrected chi connectivity index (χ1v) is 6.62. The maximum atomic E-state index is 4.49. The van der Waals surface area contributed by atoms with E-state index >= 15 is 0 Å². The quantitative estimate of drug-likeness (QED) is 0.845. The Morgan fingerprint density at radius 1 is 1.44 bits per heavy atom. The Morgan fingerprint density at radius 3 is 2.83 bits per heavy atom. The van der Waals surface area contributed by atoms with Gasteiger partial charge in [-0.15, -0.1) is 0 Å². The summed E-state index contributed by atoms with van der Waals surface area (Å²) in [6.45, 7) is 8.35. The average Bonchev–Trinajstić information content (AvgIpc) is 2.79. The van der Waals surface area contributed by atoms with Crippen LogP contribution in [-0.2, 0) is 0 Å². The number of nitrogens with one attached hydrogen (secondary N) is 2.